The highest BCUT2D eigenvalue weighted by Gasteiger charge is 2.23. The lowest BCUT2D eigenvalue weighted by atomic mass is 9.82. The molecule has 0 amide bonds. The maximum Gasteiger partial charge on any atom is 0.273 e. The number of benzene rings is 1. The van der Waals surface area contributed by atoms with Crippen molar-refractivity contribution in [2.24, 2.45) is 5.92 Å². The maximum absolute atomic E-state index is 13.1. The molecule has 1 fully saturated rings. The summed E-state index contributed by atoms with van der Waals surface area (Å²) in [6, 6.07) is 13.2. The summed E-state index contributed by atoms with van der Waals surface area (Å²) in [4.78, 5) is 13.1. The summed E-state index contributed by atoms with van der Waals surface area (Å²) in [7, 11) is 0. The van der Waals surface area contributed by atoms with Gasteiger partial charge in [-0.15, -0.1) is 0 Å². The van der Waals surface area contributed by atoms with Crippen molar-refractivity contribution in [2.45, 2.75) is 58.0 Å². The highest BCUT2D eigenvalue weighted by Crippen LogP contribution is 2.34. The SMILES string of the molecule is CC(C)Cn1cc(-c2cnsc2)cc(N[C@H]2CC[C@@H](c3ccccc3)CC2)c1=O. The molecule has 0 unspecified atom stereocenters. The normalized spacial score (nSPS) is 19.4. The standard InChI is InChI=1S/C24H29N3OS/c1-17(2)14-27-15-20(21-13-25-29-16-21)12-23(24(27)28)26-22-10-8-19(9-11-22)18-6-4-3-5-7-18/h3-7,12-13,15-17,19,22,26H,8-11,14H2,1-2H3/t19-,22+. The summed E-state index contributed by atoms with van der Waals surface area (Å²) in [6.45, 7) is 5.01. The van der Waals surface area contributed by atoms with Crippen LogP contribution in [0.2, 0.25) is 0 Å². The van der Waals surface area contributed by atoms with E-state index in [0.717, 1.165) is 49.0 Å². The highest BCUT2D eigenvalue weighted by atomic mass is 32.1. The summed E-state index contributed by atoms with van der Waals surface area (Å²) in [5.41, 5.74) is 4.37. The topological polar surface area (TPSA) is 46.9 Å². The van der Waals surface area contributed by atoms with E-state index in [2.05, 4.69) is 53.9 Å². The molecule has 2 aromatic heterocycles. The first kappa shape index (κ1) is 19.9. The van der Waals surface area contributed by atoms with E-state index in [0.29, 0.717) is 17.9 Å². The van der Waals surface area contributed by atoms with Gasteiger partial charge in [0.05, 0.1) is 0 Å². The zero-order chi connectivity index (χ0) is 20.2. The molecule has 4 nitrogen and oxygen atoms in total. The third-order valence-electron chi connectivity index (χ3n) is 5.77. The van der Waals surface area contributed by atoms with Crippen LogP contribution in [-0.4, -0.2) is 15.0 Å². The van der Waals surface area contributed by atoms with Gasteiger partial charge in [0.1, 0.15) is 5.69 Å². The van der Waals surface area contributed by atoms with Crippen molar-refractivity contribution < 1.29 is 0 Å². The number of anilines is 1. The van der Waals surface area contributed by atoms with Crippen LogP contribution in [0.25, 0.3) is 11.1 Å². The molecule has 0 atom stereocenters. The summed E-state index contributed by atoms with van der Waals surface area (Å²) < 4.78 is 6.08. The molecule has 0 bridgehead atoms. The molecule has 2 heterocycles. The van der Waals surface area contributed by atoms with Crippen molar-refractivity contribution in [1.82, 2.24) is 8.94 Å². The van der Waals surface area contributed by atoms with Gasteiger partial charge in [0.2, 0.25) is 0 Å². The zero-order valence-electron chi connectivity index (χ0n) is 17.2. The Kier molecular flexibility index (Phi) is 6.14. The Balaban J connectivity index is 1.52. The Labute approximate surface area is 176 Å². The lowest BCUT2D eigenvalue weighted by Crippen LogP contribution is -2.31. The molecule has 0 radical (unpaired) electrons. The molecular formula is C24H29N3OS. The molecule has 5 heteroatoms. The molecule has 4 rings (SSSR count). The Morgan fingerprint density at radius 3 is 2.55 bits per heavy atom. The average Bonchev–Trinajstić information content (AvgIpc) is 3.27. The fourth-order valence-corrected chi connectivity index (χ4v) is 4.84. The number of nitrogens with zero attached hydrogens (tertiary/aromatic N) is 2. The predicted octanol–water partition coefficient (Wildman–Crippen LogP) is 5.77. The van der Waals surface area contributed by atoms with E-state index in [1.807, 2.05) is 28.4 Å². The van der Waals surface area contributed by atoms with Crippen LogP contribution in [0.5, 0.6) is 0 Å². The van der Waals surface area contributed by atoms with E-state index in [-0.39, 0.29) is 5.56 Å². The number of rotatable bonds is 6. The van der Waals surface area contributed by atoms with Crippen LogP contribution < -0.4 is 10.9 Å². The number of aromatic nitrogens is 2. The van der Waals surface area contributed by atoms with E-state index >= 15 is 0 Å². The Hall–Kier alpha value is -2.40. The first-order valence-corrected chi connectivity index (χ1v) is 11.4. The first-order chi connectivity index (χ1) is 14.1. The molecule has 1 N–H and O–H groups in total. The summed E-state index contributed by atoms with van der Waals surface area (Å²) in [5, 5.41) is 5.62. The van der Waals surface area contributed by atoms with Crippen molar-refractivity contribution in [3.05, 3.63) is 70.1 Å². The van der Waals surface area contributed by atoms with Crippen molar-refractivity contribution in [3.63, 3.8) is 0 Å². The van der Waals surface area contributed by atoms with Crippen LogP contribution in [0.15, 0.2) is 59.0 Å². The molecule has 0 aliphatic heterocycles. The van der Waals surface area contributed by atoms with Crippen molar-refractivity contribution in [1.29, 1.82) is 0 Å². The van der Waals surface area contributed by atoms with Crippen molar-refractivity contribution in [2.75, 3.05) is 5.32 Å². The van der Waals surface area contributed by atoms with Gasteiger partial charge in [0, 0.05) is 41.5 Å². The summed E-state index contributed by atoms with van der Waals surface area (Å²) in [5.74, 6) is 1.05. The molecule has 3 aromatic rings. The minimum Gasteiger partial charge on any atom is -0.378 e. The lowest BCUT2D eigenvalue weighted by Gasteiger charge is -2.30. The largest absolute Gasteiger partial charge is 0.378 e. The van der Waals surface area contributed by atoms with Gasteiger partial charge < -0.3 is 9.88 Å². The molecule has 29 heavy (non-hydrogen) atoms. The van der Waals surface area contributed by atoms with E-state index in [1.54, 1.807) is 0 Å². The minimum atomic E-state index is 0.0795. The lowest BCUT2D eigenvalue weighted by molar-refractivity contribution is 0.411. The summed E-state index contributed by atoms with van der Waals surface area (Å²) >= 11 is 1.44. The van der Waals surface area contributed by atoms with Crippen LogP contribution in [0, 0.1) is 5.92 Å². The van der Waals surface area contributed by atoms with Gasteiger partial charge in [0.25, 0.3) is 5.56 Å². The molecule has 0 spiro atoms. The molecular weight excluding hydrogens is 378 g/mol. The van der Waals surface area contributed by atoms with E-state index in [9.17, 15) is 4.79 Å². The van der Waals surface area contributed by atoms with Crippen LogP contribution >= 0.6 is 11.5 Å². The molecule has 1 saturated carbocycles. The fourth-order valence-electron chi connectivity index (χ4n) is 4.29. The molecule has 1 aromatic carbocycles. The van der Waals surface area contributed by atoms with Crippen LogP contribution in [0.4, 0.5) is 5.69 Å². The van der Waals surface area contributed by atoms with Crippen LogP contribution in [0.1, 0.15) is 51.0 Å². The Bertz CT molecular complexity index is 971. The zero-order valence-corrected chi connectivity index (χ0v) is 18.0. The van der Waals surface area contributed by atoms with Crippen LogP contribution in [0.3, 0.4) is 0 Å². The molecule has 1 aliphatic rings. The smallest absolute Gasteiger partial charge is 0.273 e. The molecule has 1 aliphatic carbocycles. The Morgan fingerprint density at radius 2 is 1.90 bits per heavy atom. The maximum atomic E-state index is 13.1. The number of pyridine rings is 1. The second-order valence-electron chi connectivity index (χ2n) is 8.51. The number of hydrogen-bond donors (Lipinski definition) is 1. The van der Waals surface area contributed by atoms with Gasteiger partial charge in [-0.2, -0.15) is 0 Å². The van der Waals surface area contributed by atoms with Gasteiger partial charge in [0.15, 0.2) is 0 Å². The summed E-state index contributed by atoms with van der Waals surface area (Å²) in [6.07, 6.45) is 8.36. The fraction of sp³-hybridized carbons (Fsp3) is 0.417. The van der Waals surface area contributed by atoms with Crippen LogP contribution in [-0.2, 0) is 6.54 Å². The van der Waals surface area contributed by atoms with Crippen molar-refractivity contribution in [3.8, 4) is 11.1 Å². The number of nitrogens with one attached hydrogen (secondary N) is 1. The predicted molar refractivity (Wildman–Crippen MR) is 122 cm³/mol. The third-order valence-corrected chi connectivity index (χ3v) is 6.36. The van der Waals surface area contributed by atoms with E-state index in [1.165, 1.54) is 17.1 Å². The monoisotopic (exact) mass is 407 g/mol. The third kappa shape index (κ3) is 4.78. The minimum absolute atomic E-state index is 0.0795. The highest BCUT2D eigenvalue weighted by molar-refractivity contribution is 7.03. The Morgan fingerprint density at radius 1 is 1.14 bits per heavy atom. The molecule has 152 valence electrons. The van der Waals surface area contributed by atoms with Gasteiger partial charge in [-0.05, 0) is 60.7 Å². The quantitative estimate of drug-likeness (QED) is 0.564. The van der Waals surface area contributed by atoms with E-state index < -0.39 is 0 Å². The first-order valence-electron chi connectivity index (χ1n) is 10.6. The average molecular weight is 408 g/mol. The van der Waals surface area contributed by atoms with Crippen molar-refractivity contribution >= 4 is 17.2 Å². The van der Waals surface area contributed by atoms with Gasteiger partial charge in [-0.3, -0.25) is 4.79 Å². The second kappa shape index (κ2) is 8.95. The second-order valence-corrected chi connectivity index (χ2v) is 9.17. The van der Waals surface area contributed by atoms with Gasteiger partial charge in [-0.25, -0.2) is 4.37 Å². The van der Waals surface area contributed by atoms with Gasteiger partial charge in [-0.1, -0.05) is 44.2 Å². The van der Waals surface area contributed by atoms with Gasteiger partial charge >= 0.3 is 0 Å². The van der Waals surface area contributed by atoms with E-state index in [4.69, 9.17) is 0 Å². The number of hydrogen-bond acceptors (Lipinski definition) is 4. The molecule has 0 saturated heterocycles.